The standard InChI is InChI=1S/C25H34N2O2/c1-15-16(2)24-22(17(3)23(15)26)18(4)25(5,29-24)27-13-11-20(12-14-27)19-7-9-21(28-6)10-8-19/h7-10,18,20H,11-14,26H2,1-6H3/t18?,25-/m0/s1. The largest absolute Gasteiger partial charge is 0.497 e. The van der Waals surface area contributed by atoms with Gasteiger partial charge in [-0.05, 0) is 80.8 Å². The molecule has 0 amide bonds. The first kappa shape index (κ1) is 20.1. The third-order valence-electron chi connectivity index (χ3n) is 7.61. The minimum atomic E-state index is -0.317. The molecule has 29 heavy (non-hydrogen) atoms. The Morgan fingerprint density at radius 2 is 1.66 bits per heavy atom. The quantitative estimate of drug-likeness (QED) is 0.718. The van der Waals surface area contributed by atoms with Gasteiger partial charge in [0.05, 0.1) is 7.11 Å². The summed E-state index contributed by atoms with van der Waals surface area (Å²) in [6.07, 6.45) is 2.29. The van der Waals surface area contributed by atoms with Gasteiger partial charge < -0.3 is 15.2 Å². The van der Waals surface area contributed by atoms with Crippen molar-refractivity contribution in [3.63, 3.8) is 0 Å². The first-order valence-electron chi connectivity index (χ1n) is 10.7. The molecule has 2 aromatic rings. The molecule has 2 heterocycles. The number of methoxy groups -OCH3 is 1. The topological polar surface area (TPSA) is 47.7 Å². The van der Waals surface area contributed by atoms with E-state index in [0.717, 1.165) is 48.7 Å². The van der Waals surface area contributed by atoms with E-state index in [9.17, 15) is 0 Å². The Morgan fingerprint density at radius 1 is 1.03 bits per heavy atom. The van der Waals surface area contributed by atoms with Gasteiger partial charge in [-0.3, -0.25) is 4.90 Å². The summed E-state index contributed by atoms with van der Waals surface area (Å²) in [6, 6.07) is 8.56. The van der Waals surface area contributed by atoms with Gasteiger partial charge >= 0.3 is 0 Å². The van der Waals surface area contributed by atoms with Gasteiger partial charge in [-0.1, -0.05) is 19.1 Å². The predicted octanol–water partition coefficient (Wildman–Crippen LogP) is 5.29. The summed E-state index contributed by atoms with van der Waals surface area (Å²) >= 11 is 0. The molecule has 2 aromatic carbocycles. The zero-order valence-corrected chi connectivity index (χ0v) is 18.6. The number of ether oxygens (including phenoxy) is 2. The van der Waals surface area contributed by atoms with Crippen LogP contribution < -0.4 is 15.2 Å². The van der Waals surface area contributed by atoms with Crippen molar-refractivity contribution in [2.24, 2.45) is 0 Å². The molecule has 0 spiro atoms. The summed E-state index contributed by atoms with van der Waals surface area (Å²) in [5.41, 5.74) is 13.2. The average Bonchev–Trinajstić information content (AvgIpc) is 3.03. The number of piperidine rings is 1. The molecule has 1 saturated heterocycles. The number of likely N-dealkylation sites (tertiary alicyclic amines) is 1. The molecule has 2 atom stereocenters. The molecule has 0 radical (unpaired) electrons. The SMILES string of the molecule is COc1ccc(C2CCN([C@@]3(C)Oc4c(C)c(C)c(N)c(C)c4C3C)CC2)cc1. The Balaban J connectivity index is 1.54. The van der Waals surface area contributed by atoms with Gasteiger partial charge in [-0.25, -0.2) is 0 Å². The van der Waals surface area contributed by atoms with Crippen molar-refractivity contribution < 1.29 is 9.47 Å². The van der Waals surface area contributed by atoms with Gasteiger partial charge in [-0.2, -0.15) is 0 Å². The van der Waals surface area contributed by atoms with Crippen molar-refractivity contribution in [3.8, 4) is 11.5 Å². The Labute approximate surface area is 175 Å². The minimum absolute atomic E-state index is 0.289. The summed E-state index contributed by atoms with van der Waals surface area (Å²) in [7, 11) is 1.72. The molecule has 4 rings (SSSR count). The first-order chi connectivity index (χ1) is 13.8. The molecule has 0 saturated carbocycles. The van der Waals surface area contributed by atoms with Crippen LogP contribution in [0.3, 0.4) is 0 Å². The smallest absolute Gasteiger partial charge is 0.167 e. The highest BCUT2D eigenvalue weighted by Gasteiger charge is 2.49. The second kappa shape index (κ2) is 7.24. The van der Waals surface area contributed by atoms with Crippen molar-refractivity contribution in [2.45, 2.75) is 65.0 Å². The van der Waals surface area contributed by atoms with Crippen LogP contribution in [0.2, 0.25) is 0 Å². The highest BCUT2D eigenvalue weighted by Crippen LogP contribution is 2.52. The van der Waals surface area contributed by atoms with E-state index in [0.29, 0.717) is 5.92 Å². The van der Waals surface area contributed by atoms with Crippen LogP contribution in [0.25, 0.3) is 0 Å². The maximum Gasteiger partial charge on any atom is 0.167 e. The average molecular weight is 395 g/mol. The van der Waals surface area contributed by atoms with Crippen LogP contribution in [0, 0.1) is 20.8 Å². The van der Waals surface area contributed by atoms with E-state index in [1.807, 2.05) is 0 Å². The van der Waals surface area contributed by atoms with Crippen LogP contribution in [-0.4, -0.2) is 30.8 Å². The van der Waals surface area contributed by atoms with Gasteiger partial charge in [0.2, 0.25) is 0 Å². The lowest BCUT2D eigenvalue weighted by Crippen LogP contribution is -2.54. The Bertz CT molecular complexity index is 914. The van der Waals surface area contributed by atoms with E-state index in [2.05, 4.69) is 63.8 Å². The number of rotatable bonds is 3. The molecule has 1 fully saturated rings. The third-order valence-corrected chi connectivity index (χ3v) is 7.61. The van der Waals surface area contributed by atoms with Gasteiger partial charge in [0.1, 0.15) is 11.5 Å². The fourth-order valence-corrected chi connectivity index (χ4v) is 5.26. The van der Waals surface area contributed by atoms with Crippen LogP contribution in [0.1, 0.15) is 66.3 Å². The normalized spacial score (nSPS) is 25.0. The summed E-state index contributed by atoms with van der Waals surface area (Å²) < 4.78 is 12.0. The summed E-state index contributed by atoms with van der Waals surface area (Å²) in [5, 5.41) is 0. The molecule has 2 aliphatic heterocycles. The molecule has 1 unspecified atom stereocenters. The number of benzene rings is 2. The van der Waals surface area contributed by atoms with E-state index in [1.54, 1.807) is 7.11 Å². The Morgan fingerprint density at radius 3 is 2.24 bits per heavy atom. The van der Waals surface area contributed by atoms with Gasteiger partial charge in [0.15, 0.2) is 5.72 Å². The van der Waals surface area contributed by atoms with E-state index in [4.69, 9.17) is 15.2 Å². The third kappa shape index (κ3) is 3.09. The monoisotopic (exact) mass is 394 g/mol. The highest BCUT2D eigenvalue weighted by molar-refractivity contribution is 5.67. The maximum atomic E-state index is 6.72. The fraction of sp³-hybridized carbons (Fsp3) is 0.520. The number of fused-ring (bicyclic) bond motifs is 1. The molecule has 156 valence electrons. The lowest BCUT2D eigenvalue weighted by Gasteiger charge is -2.44. The van der Waals surface area contributed by atoms with Crippen molar-refractivity contribution in [2.75, 3.05) is 25.9 Å². The number of hydrogen-bond acceptors (Lipinski definition) is 4. The zero-order valence-electron chi connectivity index (χ0n) is 18.6. The van der Waals surface area contributed by atoms with Crippen molar-refractivity contribution >= 4 is 5.69 Å². The zero-order chi connectivity index (χ0) is 20.9. The van der Waals surface area contributed by atoms with E-state index >= 15 is 0 Å². The lowest BCUT2D eigenvalue weighted by molar-refractivity contribution is -0.0811. The van der Waals surface area contributed by atoms with Crippen LogP contribution in [0.15, 0.2) is 24.3 Å². The van der Waals surface area contributed by atoms with Crippen LogP contribution in [0.5, 0.6) is 11.5 Å². The van der Waals surface area contributed by atoms with Crippen molar-refractivity contribution in [3.05, 3.63) is 52.1 Å². The van der Waals surface area contributed by atoms with Crippen molar-refractivity contribution in [1.29, 1.82) is 0 Å². The van der Waals surface area contributed by atoms with E-state index in [1.165, 1.54) is 22.3 Å². The number of nitrogens with two attached hydrogens (primary N) is 1. The molecular formula is C25H34N2O2. The highest BCUT2D eigenvalue weighted by atomic mass is 16.5. The number of nitrogen functional groups attached to an aromatic ring is 1. The minimum Gasteiger partial charge on any atom is -0.497 e. The molecule has 0 bridgehead atoms. The molecular weight excluding hydrogens is 360 g/mol. The summed E-state index contributed by atoms with van der Waals surface area (Å²) in [5.74, 6) is 2.87. The second-order valence-electron chi connectivity index (χ2n) is 8.94. The second-order valence-corrected chi connectivity index (χ2v) is 8.94. The molecule has 2 N–H and O–H groups in total. The first-order valence-corrected chi connectivity index (χ1v) is 10.7. The van der Waals surface area contributed by atoms with E-state index in [-0.39, 0.29) is 11.6 Å². The summed E-state index contributed by atoms with van der Waals surface area (Å²) in [4.78, 5) is 2.54. The summed E-state index contributed by atoms with van der Waals surface area (Å²) in [6.45, 7) is 13.0. The molecule has 0 aromatic heterocycles. The van der Waals surface area contributed by atoms with E-state index < -0.39 is 0 Å². The van der Waals surface area contributed by atoms with Crippen LogP contribution >= 0.6 is 0 Å². The number of nitrogens with zero attached hydrogens (tertiary/aromatic N) is 1. The Kier molecular flexibility index (Phi) is 5.02. The molecule has 4 heteroatoms. The van der Waals surface area contributed by atoms with Gasteiger partial charge in [-0.15, -0.1) is 0 Å². The van der Waals surface area contributed by atoms with Crippen LogP contribution in [0.4, 0.5) is 5.69 Å². The van der Waals surface area contributed by atoms with Gasteiger partial charge in [0.25, 0.3) is 0 Å². The molecule has 2 aliphatic rings. The van der Waals surface area contributed by atoms with Crippen LogP contribution in [-0.2, 0) is 0 Å². The molecule has 4 nitrogen and oxygen atoms in total. The fourth-order valence-electron chi connectivity index (χ4n) is 5.26. The lowest BCUT2D eigenvalue weighted by atomic mass is 9.84. The Hall–Kier alpha value is -2.20. The van der Waals surface area contributed by atoms with Gasteiger partial charge in [0, 0.05) is 30.3 Å². The molecule has 0 aliphatic carbocycles. The number of hydrogen-bond donors (Lipinski definition) is 1. The van der Waals surface area contributed by atoms with Crippen molar-refractivity contribution in [1.82, 2.24) is 4.90 Å². The number of anilines is 1. The maximum absolute atomic E-state index is 6.72. The predicted molar refractivity (Wildman–Crippen MR) is 119 cm³/mol.